The number of hydrogen-bond donors (Lipinski definition) is 1. The Balaban J connectivity index is 1.16. The predicted octanol–water partition coefficient (Wildman–Crippen LogP) is 5.35. The van der Waals surface area contributed by atoms with Crippen LogP contribution in [0.4, 0.5) is 0 Å². The van der Waals surface area contributed by atoms with Gasteiger partial charge in [0.25, 0.3) is 0 Å². The lowest BCUT2D eigenvalue weighted by Gasteiger charge is -2.46. The van der Waals surface area contributed by atoms with Crippen molar-refractivity contribution in [3.63, 3.8) is 0 Å². The van der Waals surface area contributed by atoms with Crippen molar-refractivity contribution < 1.29 is 9.53 Å². The third-order valence-electron chi connectivity index (χ3n) is 10.7. The number of carbonyl (C=O) groups excluding carboxylic acids is 1. The molecule has 30 heavy (non-hydrogen) atoms. The number of ether oxygens (including phenoxy) is 1. The largest absolute Gasteiger partial charge is 0.461 e. The number of rotatable bonds is 4. The molecule has 0 unspecified atom stereocenters. The number of hydrogen-bond acceptors (Lipinski definition) is 3. The van der Waals surface area contributed by atoms with E-state index in [4.69, 9.17) is 4.74 Å². The highest BCUT2D eigenvalue weighted by Crippen LogP contribution is 2.59. The van der Waals surface area contributed by atoms with E-state index in [1.807, 2.05) is 0 Å². The van der Waals surface area contributed by atoms with E-state index in [9.17, 15) is 4.79 Å². The number of fused-ring (bicyclic) bond motifs is 4. The molecule has 3 heteroatoms. The monoisotopic (exact) mass is 411 g/mol. The summed E-state index contributed by atoms with van der Waals surface area (Å²) in [4.78, 5) is 12.9. The molecule has 6 rings (SSSR count). The molecule has 0 radical (unpaired) electrons. The molecule has 1 N–H and O–H groups in total. The third kappa shape index (κ3) is 2.97. The molecule has 5 fully saturated rings. The van der Waals surface area contributed by atoms with Gasteiger partial charge in [-0.25, -0.2) is 0 Å². The molecule has 1 heterocycles. The normalized spacial score (nSPS) is 52.4. The Labute approximate surface area is 182 Å². The fraction of sp³-hybridized carbons (Fsp3) is 0.889. The zero-order valence-electron chi connectivity index (χ0n) is 19.2. The van der Waals surface area contributed by atoms with E-state index < -0.39 is 0 Å². The van der Waals surface area contributed by atoms with E-state index in [2.05, 4.69) is 32.2 Å². The van der Waals surface area contributed by atoms with Crippen molar-refractivity contribution in [1.82, 2.24) is 5.32 Å². The summed E-state index contributed by atoms with van der Waals surface area (Å²) >= 11 is 0. The Kier molecular flexibility index (Phi) is 4.68. The summed E-state index contributed by atoms with van der Waals surface area (Å²) in [6.07, 6.45) is 14.9. The molecule has 1 aliphatic heterocycles. The first kappa shape index (κ1) is 19.8. The Hall–Kier alpha value is -0.830. The maximum Gasteiger partial charge on any atom is 0.311 e. The van der Waals surface area contributed by atoms with Crippen LogP contribution in [-0.4, -0.2) is 24.7 Å². The summed E-state index contributed by atoms with van der Waals surface area (Å²) in [5.74, 6) is 5.78. The number of allylic oxidation sites excluding steroid dienone is 1. The summed E-state index contributed by atoms with van der Waals surface area (Å²) in [5.41, 5.74) is 1.89. The lowest BCUT2D eigenvalue weighted by atomic mass is 9.59. The summed E-state index contributed by atoms with van der Waals surface area (Å²) < 4.78 is 5.98. The number of nitrogens with one attached hydrogen (secondary N) is 1. The van der Waals surface area contributed by atoms with Gasteiger partial charge in [-0.1, -0.05) is 31.9 Å². The molecule has 0 aromatic rings. The Morgan fingerprint density at radius 3 is 2.87 bits per heavy atom. The van der Waals surface area contributed by atoms with Gasteiger partial charge in [0.2, 0.25) is 0 Å². The first-order valence-corrected chi connectivity index (χ1v) is 13.1. The summed E-state index contributed by atoms with van der Waals surface area (Å²) in [6.45, 7) is 8.03. The van der Waals surface area contributed by atoms with E-state index in [1.54, 1.807) is 5.57 Å². The van der Waals surface area contributed by atoms with Crippen LogP contribution in [0.5, 0.6) is 0 Å². The van der Waals surface area contributed by atoms with Crippen LogP contribution in [0.3, 0.4) is 0 Å². The maximum atomic E-state index is 12.9. The molecule has 4 saturated carbocycles. The highest BCUT2D eigenvalue weighted by Gasteiger charge is 2.53. The van der Waals surface area contributed by atoms with Crippen molar-refractivity contribution in [3.8, 4) is 0 Å². The van der Waals surface area contributed by atoms with Crippen molar-refractivity contribution in [3.05, 3.63) is 11.6 Å². The number of carbonyl (C=O) groups is 1. The topological polar surface area (TPSA) is 38.3 Å². The lowest BCUT2D eigenvalue weighted by Crippen LogP contribution is -2.48. The second-order valence-electron chi connectivity index (χ2n) is 12.4. The summed E-state index contributed by atoms with van der Waals surface area (Å²) in [6, 6.07) is 0.531. The third-order valence-corrected chi connectivity index (χ3v) is 10.7. The predicted molar refractivity (Wildman–Crippen MR) is 119 cm³/mol. The molecule has 0 aromatic carbocycles. The summed E-state index contributed by atoms with van der Waals surface area (Å²) in [7, 11) is 0. The Morgan fingerprint density at radius 2 is 2.00 bits per heavy atom. The average molecular weight is 412 g/mol. The molecule has 0 amide bonds. The fourth-order valence-electron chi connectivity index (χ4n) is 9.46. The average Bonchev–Trinajstić information content (AvgIpc) is 3.10. The van der Waals surface area contributed by atoms with Gasteiger partial charge in [0.1, 0.15) is 6.10 Å². The van der Waals surface area contributed by atoms with Crippen molar-refractivity contribution >= 4 is 5.97 Å². The van der Waals surface area contributed by atoms with Crippen LogP contribution in [0.2, 0.25) is 0 Å². The van der Waals surface area contributed by atoms with E-state index in [-0.39, 0.29) is 23.4 Å². The highest BCUT2D eigenvalue weighted by atomic mass is 16.6. The van der Waals surface area contributed by atoms with Crippen LogP contribution in [0.25, 0.3) is 0 Å². The van der Waals surface area contributed by atoms with Gasteiger partial charge in [-0.2, -0.15) is 0 Å². The number of esters is 1. The smallest absolute Gasteiger partial charge is 0.311 e. The summed E-state index contributed by atoms with van der Waals surface area (Å²) in [5, 5.41) is 3.89. The van der Waals surface area contributed by atoms with Gasteiger partial charge in [0.05, 0.1) is 5.92 Å². The van der Waals surface area contributed by atoms with Gasteiger partial charge in [-0.05, 0) is 99.2 Å². The molecule has 6 aliphatic rings. The van der Waals surface area contributed by atoms with Gasteiger partial charge in [-0.3, -0.25) is 4.79 Å². The molecule has 0 spiro atoms. The lowest BCUT2D eigenvalue weighted by molar-refractivity contribution is -0.145. The minimum absolute atomic E-state index is 0.0146. The maximum absolute atomic E-state index is 12.9. The molecule has 11 atom stereocenters. The first-order valence-electron chi connectivity index (χ1n) is 13.1. The zero-order chi connectivity index (χ0) is 20.6. The van der Waals surface area contributed by atoms with E-state index in [0.29, 0.717) is 17.9 Å². The van der Waals surface area contributed by atoms with Gasteiger partial charge in [-0.15, -0.1) is 0 Å². The molecule has 3 nitrogen and oxygen atoms in total. The molecular weight excluding hydrogens is 370 g/mol. The van der Waals surface area contributed by atoms with Crippen LogP contribution in [-0.2, 0) is 9.53 Å². The van der Waals surface area contributed by atoms with E-state index in [0.717, 1.165) is 42.6 Å². The molecule has 0 aromatic heterocycles. The minimum Gasteiger partial charge on any atom is -0.461 e. The van der Waals surface area contributed by atoms with Gasteiger partial charge >= 0.3 is 5.97 Å². The molecule has 1 saturated heterocycles. The standard InChI is InChI=1S/C27H41NO2/c1-15-5-4-8-27(3)13-24-21(12-23(15)27)22(26(29)30-24)14-28-16(2)25-19-7-6-18-9-17(10-19)11-20(18)25/h12,15-22,24-25,28H,4-11,13-14H2,1-3H3/t15-,16+,17-,18-,19+,20-,21+,22-,24+,25+,27+/m0/s1. The Morgan fingerprint density at radius 1 is 1.20 bits per heavy atom. The van der Waals surface area contributed by atoms with Crippen LogP contribution in [0.15, 0.2) is 11.6 Å². The quantitative estimate of drug-likeness (QED) is 0.500. The second-order valence-corrected chi connectivity index (χ2v) is 12.4. The van der Waals surface area contributed by atoms with Crippen LogP contribution in [0.1, 0.15) is 78.6 Å². The van der Waals surface area contributed by atoms with Crippen LogP contribution >= 0.6 is 0 Å². The van der Waals surface area contributed by atoms with Crippen LogP contribution in [0, 0.1) is 52.8 Å². The van der Waals surface area contributed by atoms with E-state index in [1.165, 1.54) is 51.4 Å². The minimum atomic E-state index is 0.0146. The molecule has 5 aliphatic carbocycles. The fourth-order valence-corrected chi connectivity index (χ4v) is 9.46. The van der Waals surface area contributed by atoms with Crippen molar-refractivity contribution in [2.75, 3.05) is 6.54 Å². The van der Waals surface area contributed by atoms with Crippen molar-refractivity contribution in [1.29, 1.82) is 0 Å². The van der Waals surface area contributed by atoms with Gasteiger partial charge < -0.3 is 10.1 Å². The molecular formula is C27H41NO2. The van der Waals surface area contributed by atoms with Gasteiger partial charge in [0.15, 0.2) is 0 Å². The SMILES string of the molecule is C[C@H]1CCC[C@]2(C)C[C@H]3OC(=O)[C@@H](CN[C@H](C)[C@@H]4[C@@H]5CC[C@H]6C[C@@H](C5)C[C@@H]64)[C@H]3C=C12. The van der Waals surface area contributed by atoms with Gasteiger partial charge in [0, 0.05) is 18.5 Å². The van der Waals surface area contributed by atoms with E-state index >= 15 is 0 Å². The molecule has 166 valence electrons. The zero-order valence-corrected chi connectivity index (χ0v) is 19.2. The first-order chi connectivity index (χ1) is 14.4. The van der Waals surface area contributed by atoms with Crippen molar-refractivity contribution in [2.24, 2.45) is 52.8 Å². The highest BCUT2D eigenvalue weighted by molar-refractivity contribution is 5.76. The van der Waals surface area contributed by atoms with Crippen LogP contribution < -0.4 is 5.32 Å². The Bertz CT molecular complexity index is 745. The van der Waals surface area contributed by atoms with Crippen molar-refractivity contribution in [2.45, 2.75) is 90.7 Å². The second kappa shape index (κ2) is 7.09. The molecule has 3 bridgehead atoms.